The van der Waals surface area contributed by atoms with Gasteiger partial charge in [-0.2, -0.15) is 0 Å². The molecule has 8 nitrogen and oxygen atoms in total. The number of amides is 1. The molecule has 1 aliphatic rings. The van der Waals surface area contributed by atoms with Crippen LogP contribution in [0.2, 0.25) is 5.02 Å². The van der Waals surface area contributed by atoms with Gasteiger partial charge in [0, 0.05) is 27.1 Å². The van der Waals surface area contributed by atoms with Crippen LogP contribution >= 0.6 is 22.9 Å². The molecule has 0 saturated heterocycles. The van der Waals surface area contributed by atoms with Gasteiger partial charge in [0.15, 0.2) is 5.82 Å². The molecular weight excluding hydrogens is 460 g/mol. The van der Waals surface area contributed by atoms with Gasteiger partial charge in [0.25, 0.3) is 0 Å². The summed E-state index contributed by atoms with van der Waals surface area (Å²) in [6, 6.07) is 8.82. The highest BCUT2D eigenvalue weighted by Crippen LogP contribution is 2.39. The molecule has 0 saturated carbocycles. The van der Waals surface area contributed by atoms with Crippen LogP contribution in [0.1, 0.15) is 51.4 Å². The summed E-state index contributed by atoms with van der Waals surface area (Å²) >= 11 is 7.82. The molecule has 1 N–H and O–H groups in total. The van der Waals surface area contributed by atoms with E-state index in [4.69, 9.17) is 21.1 Å². The van der Waals surface area contributed by atoms with Crippen molar-refractivity contribution in [1.29, 1.82) is 0 Å². The molecule has 0 radical (unpaired) electrons. The van der Waals surface area contributed by atoms with Gasteiger partial charge < -0.3 is 9.84 Å². The highest BCUT2D eigenvalue weighted by molar-refractivity contribution is 7.15. The van der Waals surface area contributed by atoms with Crippen LogP contribution in [0.25, 0.3) is 5.00 Å². The topological polar surface area (TPSA) is 98.2 Å². The first-order chi connectivity index (χ1) is 15.9. The van der Waals surface area contributed by atoms with Crippen molar-refractivity contribution < 1.29 is 9.32 Å². The molecule has 33 heavy (non-hydrogen) atoms. The fourth-order valence-electron chi connectivity index (χ4n) is 3.90. The first-order valence-corrected chi connectivity index (χ1v) is 11.6. The molecule has 0 aliphatic carbocycles. The Morgan fingerprint density at radius 3 is 2.70 bits per heavy atom. The number of aryl methyl sites for hydroxylation is 2. The highest BCUT2D eigenvalue weighted by Gasteiger charge is 2.32. The Morgan fingerprint density at radius 1 is 1.18 bits per heavy atom. The number of carbonyl (C=O) groups is 1. The lowest BCUT2D eigenvalue weighted by atomic mass is 9.99. The van der Waals surface area contributed by atoms with E-state index in [0.29, 0.717) is 16.5 Å². The number of aromatic nitrogens is 4. The van der Waals surface area contributed by atoms with Crippen LogP contribution in [-0.4, -0.2) is 31.5 Å². The zero-order chi connectivity index (χ0) is 23.1. The van der Waals surface area contributed by atoms with Crippen molar-refractivity contribution in [3.63, 3.8) is 0 Å². The molecule has 168 valence electrons. The summed E-state index contributed by atoms with van der Waals surface area (Å²) in [7, 11) is 0. The maximum atomic E-state index is 12.8. The summed E-state index contributed by atoms with van der Waals surface area (Å²) in [4.78, 5) is 19.1. The summed E-state index contributed by atoms with van der Waals surface area (Å²) in [6.45, 7) is 6.40. The predicted molar refractivity (Wildman–Crippen MR) is 126 cm³/mol. The van der Waals surface area contributed by atoms with Gasteiger partial charge in [-0.3, -0.25) is 14.4 Å². The second-order valence-electron chi connectivity index (χ2n) is 7.88. The largest absolute Gasteiger partial charge is 0.364 e. The second kappa shape index (κ2) is 8.57. The van der Waals surface area contributed by atoms with Crippen LogP contribution in [0.3, 0.4) is 0 Å². The van der Waals surface area contributed by atoms with E-state index >= 15 is 0 Å². The monoisotopic (exact) mass is 480 g/mol. The normalized spacial score (nSPS) is 14.9. The average Bonchev–Trinajstić information content (AvgIpc) is 3.49. The average molecular weight is 481 g/mol. The van der Waals surface area contributed by atoms with Crippen LogP contribution in [0.15, 0.2) is 46.1 Å². The van der Waals surface area contributed by atoms with Crippen LogP contribution in [-0.2, 0) is 11.3 Å². The van der Waals surface area contributed by atoms with Gasteiger partial charge in [-0.05, 0) is 38.5 Å². The van der Waals surface area contributed by atoms with Gasteiger partial charge in [-0.25, -0.2) is 0 Å². The molecule has 0 fully saturated rings. The minimum atomic E-state index is -0.506. The van der Waals surface area contributed by atoms with E-state index in [-0.39, 0.29) is 18.9 Å². The number of aliphatic imine (C=N–C) groups is 1. The lowest BCUT2D eigenvalue weighted by Gasteiger charge is -2.13. The maximum Gasteiger partial charge on any atom is 0.222 e. The van der Waals surface area contributed by atoms with Gasteiger partial charge in [0.05, 0.1) is 18.7 Å². The molecular formula is C23H21ClN6O2S. The summed E-state index contributed by atoms with van der Waals surface area (Å²) in [5.41, 5.74) is 4.60. The van der Waals surface area contributed by atoms with E-state index in [2.05, 4.69) is 34.5 Å². The molecule has 4 aromatic rings. The number of hydrogen-bond donors (Lipinski definition) is 1. The molecule has 1 atom stereocenters. The number of halogens is 1. The molecule has 1 aromatic carbocycles. The predicted octanol–water partition coefficient (Wildman–Crippen LogP) is 4.49. The molecule has 5 rings (SSSR count). The Balaban J connectivity index is 1.59. The van der Waals surface area contributed by atoms with E-state index in [1.807, 2.05) is 35.8 Å². The minimum Gasteiger partial charge on any atom is -0.364 e. The fraction of sp³-hybridized carbons (Fsp3) is 0.261. The minimum absolute atomic E-state index is 0.125. The number of carbonyl (C=O) groups excluding carboxylic acids is 1. The van der Waals surface area contributed by atoms with Crippen molar-refractivity contribution in [2.24, 2.45) is 4.99 Å². The first kappa shape index (κ1) is 21.5. The van der Waals surface area contributed by atoms with Gasteiger partial charge in [-0.1, -0.05) is 28.9 Å². The summed E-state index contributed by atoms with van der Waals surface area (Å²) in [6.07, 6.45) is 1.60. The fourth-order valence-corrected chi connectivity index (χ4v) is 5.24. The molecule has 10 heteroatoms. The Hall–Kier alpha value is -3.30. The van der Waals surface area contributed by atoms with Crippen molar-refractivity contribution in [3.05, 3.63) is 80.5 Å². The molecule has 0 unspecified atom stereocenters. The third-order valence-electron chi connectivity index (χ3n) is 5.69. The van der Waals surface area contributed by atoms with E-state index in [0.717, 1.165) is 33.2 Å². The van der Waals surface area contributed by atoms with Crippen molar-refractivity contribution in [2.45, 2.75) is 39.8 Å². The van der Waals surface area contributed by atoms with E-state index in [1.54, 1.807) is 17.4 Å². The van der Waals surface area contributed by atoms with Gasteiger partial charge in [0.1, 0.15) is 28.8 Å². The van der Waals surface area contributed by atoms with Crippen molar-refractivity contribution >= 4 is 34.6 Å². The lowest BCUT2D eigenvalue weighted by Crippen LogP contribution is -2.25. The maximum absolute atomic E-state index is 12.8. The number of rotatable bonds is 5. The van der Waals surface area contributed by atoms with E-state index in [1.165, 1.54) is 11.1 Å². The van der Waals surface area contributed by atoms with Crippen molar-refractivity contribution in [3.8, 4) is 5.00 Å². The van der Waals surface area contributed by atoms with Gasteiger partial charge in [0.2, 0.25) is 5.91 Å². The van der Waals surface area contributed by atoms with Crippen LogP contribution in [0, 0.1) is 20.8 Å². The first-order valence-electron chi connectivity index (χ1n) is 10.4. The van der Waals surface area contributed by atoms with Gasteiger partial charge in [-0.15, -0.1) is 21.5 Å². The number of hydrogen-bond acceptors (Lipinski definition) is 7. The summed E-state index contributed by atoms with van der Waals surface area (Å²) in [5.74, 6) is 1.25. The highest BCUT2D eigenvalue weighted by atomic mass is 35.5. The lowest BCUT2D eigenvalue weighted by molar-refractivity contribution is -0.121. The molecule has 1 amide bonds. The Kier molecular flexibility index (Phi) is 5.59. The number of nitrogens with zero attached hydrogens (tertiary/aromatic N) is 5. The molecule has 3 aromatic heterocycles. The molecule has 4 heterocycles. The van der Waals surface area contributed by atoms with Crippen molar-refractivity contribution in [1.82, 2.24) is 25.2 Å². The van der Waals surface area contributed by atoms with Crippen molar-refractivity contribution in [2.75, 3.05) is 0 Å². The van der Waals surface area contributed by atoms with Crippen LogP contribution in [0.4, 0.5) is 0 Å². The van der Waals surface area contributed by atoms with Crippen LogP contribution in [0.5, 0.6) is 0 Å². The smallest absolute Gasteiger partial charge is 0.222 e. The standard InChI is InChI=1S/C23H21ClN6O2S/c1-12-13(2)33-23-20(12)21(15-4-6-16(24)7-5-15)26-18(22-28-27-14(3)30(22)23)10-19(31)25-11-17-8-9-32-29-17/h4-9,18H,10-11H2,1-3H3,(H,25,31)/t18-/m0/s1. The SMILES string of the molecule is Cc1sc2c(c1C)C(c1ccc(Cl)cc1)=N[C@@H](CC(=O)NCc1ccon1)c1nnc(C)n1-2. The van der Waals surface area contributed by atoms with Gasteiger partial charge >= 0.3 is 0 Å². The Bertz CT molecular complexity index is 1350. The third-order valence-corrected chi connectivity index (χ3v) is 7.14. The van der Waals surface area contributed by atoms with E-state index in [9.17, 15) is 4.79 Å². The number of thiophene rings is 1. The molecule has 1 aliphatic heterocycles. The molecule has 0 spiro atoms. The quantitative estimate of drug-likeness (QED) is 0.453. The third kappa shape index (κ3) is 3.98. The summed E-state index contributed by atoms with van der Waals surface area (Å²) in [5, 5.41) is 17.1. The summed E-state index contributed by atoms with van der Waals surface area (Å²) < 4.78 is 6.86. The number of fused-ring (bicyclic) bond motifs is 3. The molecule has 0 bridgehead atoms. The van der Waals surface area contributed by atoms with Crippen LogP contribution < -0.4 is 5.32 Å². The zero-order valence-electron chi connectivity index (χ0n) is 18.3. The Morgan fingerprint density at radius 2 is 1.97 bits per heavy atom. The Labute approximate surface area is 199 Å². The second-order valence-corrected chi connectivity index (χ2v) is 9.52. The van der Waals surface area contributed by atoms with E-state index < -0.39 is 6.04 Å². The zero-order valence-corrected chi connectivity index (χ0v) is 19.9. The number of benzene rings is 1. The number of nitrogens with one attached hydrogen (secondary N) is 1.